The molecule has 0 radical (unpaired) electrons. The van der Waals surface area contributed by atoms with E-state index in [-0.39, 0.29) is 11.3 Å². The zero-order valence-corrected chi connectivity index (χ0v) is 10.4. The number of amides is 1. The van der Waals surface area contributed by atoms with Gasteiger partial charge in [0.1, 0.15) is 5.69 Å². The highest BCUT2D eigenvalue weighted by molar-refractivity contribution is 6.02. The van der Waals surface area contributed by atoms with Crippen molar-refractivity contribution in [2.24, 2.45) is 0 Å². The molecule has 98 valence electrons. The molecule has 0 fully saturated rings. The quantitative estimate of drug-likeness (QED) is 0.719. The number of aryl methyl sites for hydroxylation is 1. The standard InChI is InChI=1S/C13H14N4O2/c1-2-8-3-4-9(7-10(8)14)15-13(19)11-5-6-12(18)17-16-11/h3-7H,2,14H2,1H3,(H,15,19)(H,17,18). The fourth-order valence-electron chi connectivity index (χ4n) is 1.66. The maximum atomic E-state index is 11.9. The number of carbonyl (C=O) groups excluding carboxylic acids is 1. The van der Waals surface area contributed by atoms with Gasteiger partial charge in [0.25, 0.3) is 11.5 Å². The number of nitrogens with one attached hydrogen (secondary N) is 2. The van der Waals surface area contributed by atoms with Crippen LogP contribution in [0.25, 0.3) is 0 Å². The first-order valence-electron chi connectivity index (χ1n) is 5.85. The summed E-state index contributed by atoms with van der Waals surface area (Å²) in [5.74, 6) is -0.403. The topological polar surface area (TPSA) is 101 Å². The number of nitrogen functional groups attached to an aromatic ring is 1. The van der Waals surface area contributed by atoms with Crippen molar-refractivity contribution in [3.05, 3.63) is 51.9 Å². The van der Waals surface area contributed by atoms with E-state index in [1.807, 2.05) is 13.0 Å². The van der Waals surface area contributed by atoms with Crippen LogP contribution in [0.5, 0.6) is 0 Å². The fraction of sp³-hybridized carbons (Fsp3) is 0.154. The van der Waals surface area contributed by atoms with Crippen molar-refractivity contribution in [1.82, 2.24) is 10.2 Å². The number of carbonyl (C=O) groups is 1. The van der Waals surface area contributed by atoms with Gasteiger partial charge in [0.15, 0.2) is 0 Å². The van der Waals surface area contributed by atoms with E-state index < -0.39 is 5.91 Å². The summed E-state index contributed by atoms with van der Waals surface area (Å²) in [6.07, 6.45) is 0.835. The summed E-state index contributed by atoms with van der Waals surface area (Å²) in [6.45, 7) is 2.01. The molecule has 2 aromatic rings. The molecule has 0 aliphatic rings. The van der Waals surface area contributed by atoms with Gasteiger partial charge in [-0.2, -0.15) is 5.10 Å². The average Bonchev–Trinajstić information content (AvgIpc) is 2.39. The van der Waals surface area contributed by atoms with Crippen LogP contribution < -0.4 is 16.6 Å². The number of aromatic amines is 1. The SMILES string of the molecule is CCc1ccc(NC(=O)c2ccc(=O)[nH]n2)cc1N. The third-order valence-corrected chi connectivity index (χ3v) is 2.70. The lowest BCUT2D eigenvalue weighted by Crippen LogP contribution is -2.17. The van der Waals surface area contributed by atoms with Gasteiger partial charge >= 0.3 is 0 Å². The number of nitrogens with two attached hydrogens (primary N) is 1. The molecule has 0 bridgehead atoms. The smallest absolute Gasteiger partial charge is 0.276 e. The Morgan fingerprint density at radius 1 is 1.37 bits per heavy atom. The van der Waals surface area contributed by atoms with Crippen LogP contribution in [0.4, 0.5) is 11.4 Å². The number of anilines is 2. The number of hydrogen-bond donors (Lipinski definition) is 3. The Morgan fingerprint density at radius 2 is 2.16 bits per heavy atom. The van der Waals surface area contributed by atoms with Crippen LogP contribution in [0.1, 0.15) is 23.0 Å². The Hall–Kier alpha value is -2.63. The zero-order valence-electron chi connectivity index (χ0n) is 10.4. The summed E-state index contributed by atoms with van der Waals surface area (Å²) in [7, 11) is 0. The van der Waals surface area contributed by atoms with Crippen molar-refractivity contribution in [3.8, 4) is 0 Å². The molecule has 0 aliphatic carbocycles. The van der Waals surface area contributed by atoms with Crippen LogP contribution in [-0.4, -0.2) is 16.1 Å². The average molecular weight is 258 g/mol. The number of benzene rings is 1. The molecule has 0 aliphatic heterocycles. The minimum absolute atomic E-state index is 0.137. The van der Waals surface area contributed by atoms with E-state index in [4.69, 9.17) is 5.73 Å². The highest BCUT2D eigenvalue weighted by Gasteiger charge is 2.08. The molecule has 6 nitrogen and oxygen atoms in total. The maximum Gasteiger partial charge on any atom is 0.276 e. The first-order valence-corrected chi connectivity index (χ1v) is 5.85. The Kier molecular flexibility index (Phi) is 3.61. The second-order valence-corrected chi connectivity index (χ2v) is 4.03. The molecule has 0 saturated heterocycles. The summed E-state index contributed by atoms with van der Waals surface area (Å²) in [5, 5.41) is 8.52. The van der Waals surface area contributed by atoms with Crippen LogP contribution in [0.15, 0.2) is 35.1 Å². The molecule has 1 aromatic heterocycles. The van der Waals surface area contributed by atoms with E-state index >= 15 is 0 Å². The molecule has 0 spiro atoms. The maximum absolute atomic E-state index is 11.9. The Balaban J connectivity index is 2.17. The third kappa shape index (κ3) is 2.98. The zero-order chi connectivity index (χ0) is 13.8. The third-order valence-electron chi connectivity index (χ3n) is 2.70. The number of rotatable bonds is 3. The van der Waals surface area contributed by atoms with Gasteiger partial charge in [-0.15, -0.1) is 0 Å². The first-order chi connectivity index (χ1) is 9.10. The molecular formula is C13H14N4O2. The van der Waals surface area contributed by atoms with Gasteiger partial charge in [-0.25, -0.2) is 5.10 Å². The van der Waals surface area contributed by atoms with Crippen LogP contribution in [0.2, 0.25) is 0 Å². The van der Waals surface area contributed by atoms with E-state index in [9.17, 15) is 9.59 Å². The predicted octanol–water partition coefficient (Wildman–Crippen LogP) is 1.17. The monoisotopic (exact) mass is 258 g/mol. The lowest BCUT2D eigenvalue weighted by molar-refractivity contribution is 0.102. The van der Waals surface area contributed by atoms with Crippen molar-refractivity contribution >= 4 is 17.3 Å². The van der Waals surface area contributed by atoms with E-state index in [0.29, 0.717) is 11.4 Å². The van der Waals surface area contributed by atoms with Crippen molar-refractivity contribution in [2.75, 3.05) is 11.1 Å². The van der Waals surface area contributed by atoms with Gasteiger partial charge in [0.05, 0.1) is 0 Å². The summed E-state index contributed by atoms with van der Waals surface area (Å²) in [6, 6.07) is 7.95. The molecule has 0 unspecified atom stereocenters. The molecule has 1 amide bonds. The highest BCUT2D eigenvalue weighted by atomic mass is 16.2. The molecule has 0 saturated carbocycles. The van der Waals surface area contributed by atoms with Gasteiger partial charge in [-0.1, -0.05) is 13.0 Å². The number of aromatic nitrogens is 2. The highest BCUT2D eigenvalue weighted by Crippen LogP contribution is 2.18. The van der Waals surface area contributed by atoms with E-state index in [1.165, 1.54) is 12.1 Å². The summed E-state index contributed by atoms with van der Waals surface area (Å²) < 4.78 is 0. The Labute approximate surface area is 109 Å². The van der Waals surface area contributed by atoms with E-state index in [1.54, 1.807) is 12.1 Å². The summed E-state index contributed by atoms with van der Waals surface area (Å²) >= 11 is 0. The molecule has 4 N–H and O–H groups in total. The van der Waals surface area contributed by atoms with Crippen LogP contribution in [0.3, 0.4) is 0 Å². The number of nitrogens with zero attached hydrogens (tertiary/aromatic N) is 1. The normalized spacial score (nSPS) is 10.2. The molecule has 2 rings (SSSR count). The largest absolute Gasteiger partial charge is 0.398 e. The lowest BCUT2D eigenvalue weighted by atomic mass is 10.1. The van der Waals surface area contributed by atoms with E-state index in [0.717, 1.165) is 12.0 Å². The first kappa shape index (κ1) is 12.8. The van der Waals surface area contributed by atoms with Crippen molar-refractivity contribution in [2.45, 2.75) is 13.3 Å². The van der Waals surface area contributed by atoms with E-state index in [2.05, 4.69) is 15.5 Å². The van der Waals surface area contributed by atoms with Gasteiger partial charge in [0.2, 0.25) is 0 Å². The van der Waals surface area contributed by atoms with Crippen molar-refractivity contribution < 1.29 is 4.79 Å². The molecule has 1 aromatic carbocycles. The van der Waals surface area contributed by atoms with Crippen LogP contribution in [0, 0.1) is 0 Å². The summed E-state index contributed by atoms with van der Waals surface area (Å²) in [5.41, 5.74) is 7.89. The fourth-order valence-corrected chi connectivity index (χ4v) is 1.66. The van der Waals surface area contributed by atoms with Gasteiger partial charge in [-0.3, -0.25) is 9.59 Å². The van der Waals surface area contributed by atoms with Gasteiger partial charge in [0, 0.05) is 17.4 Å². The minimum atomic E-state index is -0.403. The number of hydrogen-bond acceptors (Lipinski definition) is 4. The predicted molar refractivity (Wildman–Crippen MR) is 73.0 cm³/mol. The lowest BCUT2D eigenvalue weighted by Gasteiger charge is -2.08. The molecule has 1 heterocycles. The van der Waals surface area contributed by atoms with Crippen molar-refractivity contribution in [1.29, 1.82) is 0 Å². The second-order valence-electron chi connectivity index (χ2n) is 4.03. The van der Waals surface area contributed by atoms with Gasteiger partial charge < -0.3 is 11.1 Å². The second kappa shape index (κ2) is 5.34. The molecule has 0 atom stereocenters. The Morgan fingerprint density at radius 3 is 2.74 bits per heavy atom. The van der Waals surface area contributed by atoms with Crippen LogP contribution in [-0.2, 0) is 6.42 Å². The molecule has 6 heteroatoms. The Bertz CT molecular complexity index is 643. The van der Waals surface area contributed by atoms with Crippen molar-refractivity contribution in [3.63, 3.8) is 0 Å². The number of H-pyrrole nitrogens is 1. The molecular weight excluding hydrogens is 244 g/mol. The minimum Gasteiger partial charge on any atom is -0.398 e. The molecule has 19 heavy (non-hydrogen) atoms. The summed E-state index contributed by atoms with van der Waals surface area (Å²) in [4.78, 5) is 22.7. The van der Waals surface area contributed by atoms with Crippen LogP contribution >= 0.6 is 0 Å². The van der Waals surface area contributed by atoms with Gasteiger partial charge in [-0.05, 0) is 30.2 Å².